The van der Waals surface area contributed by atoms with E-state index in [4.69, 9.17) is 4.98 Å². The molecule has 1 heterocycles. The Morgan fingerprint density at radius 3 is 2.44 bits per heavy atom. The standard InChI is InChI=1S/C21H24N4/c1-3-18-12-8-9-13-19(18)23-21-22-15-14-20(24-21)25(4-2)16-17-10-6-5-7-11-17/h5-15H,3-4,16H2,1-2H3,(H,22,23,24). The van der Waals surface area contributed by atoms with Crippen LogP contribution in [0, 0.1) is 0 Å². The molecule has 0 fully saturated rings. The van der Waals surface area contributed by atoms with Crippen LogP contribution in [-0.4, -0.2) is 16.5 Å². The number of nitrogens with zero attached hydrogens (tertiary/aromatic N) is 3. The SMILES string of the molecule is CCc1ccccc1Nc1nccc(N(CC)Cc2ccccc2)n1. The van der Waals surface area contributed by atoms with Gasteiger partial charge in [0, 0.05) is 25.0 Å². The lowest BCUT2D eigenvalue weighted by Crippen LogP contribution is -2.23. The molecule has 0 aliphatic carbocycles. The molecule has 128 valence electrons. The first-order valence-electron chi connectivity index (χ1n) is 8.77. The van der Waals surface area contributed by atoms with Gasteiger partial charge in [0.25, 0.3) is 0 Å². The van der Waals surface area contributed by atoms with Gasteiger partial charge in [0.05, 0.1) is 0 Å². The molecule has 2 aromatic carbocycles. The Kier molecular flexibility index (Phi) is 5.62. The third kappa shape index (κ3) is 4.35. The summed E-state index contributed by atoms with van der Waals surface area (Å²) in [5.74, 6) is 1.56. The summed E-state index contributed by atoms with van der Waals surface area (Å²) in [6, 6.07) is 20.7. The first kappa shape index (κ1) is 17.0. The summed E-state index contributed by atoms with van der Waals surface area (Å²) in [7, 11) is 0. The zero-order valence-corrected chi connectivity index (χ0v) is 14.8. The molecule has 4 nitrogen and oxygen atoms in total. The van der Waals surface area contributed by atoms with Crippen molar-refractivity contribution in [2.75, 3.05) is 16.8 Å². The summed E-state index contributed by atoms with van der Waals surface area (Å²) in [5.41, 5.74) is 3.59. The van der Waals surface area contributed by atoms with Crippen molar-refractivity contribution in [3.05, 3.63) is 78.0 Å². The third-order valence-corrected chi connectivity index (χ3v) is 4.21. The third-order valence-electron chi connectivity index (χ3n) is 4.21. The maximum absolute atomic E-state index is 4.71. The Balaban J connectivity index is 1.80. The van der Waals surface area contributed by atoms with Crippen LogP contribution in [0.2, 0.25) is 0 Å². The van der Waals surface area contributed by atoms with Gasteiger partial charge in [0.1, 0.15) is 5.82 Å². The first-order chi connectivity index (χ1) is 12.3. The van der Waals surface area contributed by atoms with Crippen molar-refractivity contribution in [3.8, 4) is 0 Å². The highest BCUT2D eigenvalue weighted by Crippen LogP contribution is 2.21. The van der Waals surface area contributed by atoms with Crippen LogP contribution in [-0.2, 0) is 13.0 Å². The highest BCUT2D eigenvalue weighted by Gasteiger charge is 2.09. The van der Waals surface area contributed by atoms with Gasteiger partial charge in [0.15, 0.2) is 0 Å². The second kappa shape index (κ2) is 8.29. The molecule has 0 bridgehead atoms. The molecule has 0 spiro atoms. The average molecular weight is 332 g/mol. The number of rotatable bonds is 7. The minimum Gasteiger partial charge on any atom is -0.352 e. The molecule has 1 aromatic heterocycles. The Bertz CT molecular complexity index is 802. The van der Waals surface area contributed by atoms with Crippen LogP contribution in [0.4, 0.5) is 17.5 Å². The van der Waals surface area contributed by atoms with Crippen LogP contribution in [0.1, 0.15) is 25.0 Å². The fourth-order valence-electron chi connectivity index (χ4n) is 2.82. The molecule has 0 aliphatic rings. The van der Waals surface area contributed by atoms with Gasteiger partial charge in [-0.15, -0.1) is 0 Å². The summed E-state index contributed by atoms with van der Waals surface area (Å²) in [4.78, 5) is 11.3. The summed E-state index contributed by atoms with van der Waals surface area (Å²) >= 11 is 0. The van der Waals surface area contributed by atoms with Crippen LogP contribution in [0.15, 0.2) is 66.9 Å². The van der Waals surface area contributed by atoms with Crippen LogP contribution in [0.5, 0.6) is 0 Å². The Morgan fingerprint density at radius 1 is 0.920 bits per heavy atom. The van der Waals surface area contributed by atoms with E-state index < -0.39 is 0 Å². The van der Waals surface area contributed by atoms with Crippen LogP contribution in [0.3, 0.4) is 0 Å². The lowest BCUT2D eigenvalue weighted by molar-refractivity contribution is 0.811. The number of anilines is 3. The van der Waals surface area contributed by atoms with E-state index in [1.54, 1.807) is 0 Å². The van der Waals surface area contributed by atoms with Gasteiger partial charge in [-0.2, -0.15) is 4.98 Å². The van der Waals surface area contributed by atoms with E-state index in [9.17, 15) is 0 Å². The Labute approximate surface area is 149 Å². The molecule has 0 atom stereocenters. The Morgan fingerprint density at radius 2 is 1.68 bits per heavy atom. The zero-order valence-electron chi connectivity index (χ0n) is 14.8. The predicted molar refractivity (Wildman–Crippen MR) is 104 cm³/mol. The zero-order chi connectivity index (χ0) is 17.5. The molecule has 0 saturated heterocycles. The van der Waals surface area contributed by atoms with Gasteiger partial charge < -0.3 is 10.2 Å². The number of hydrogen-bond acceptors (Lipinski definition) is 4. The number of aryl methyl sites for hydroxylation is 1. The normalized spacial score (nSPS) is 10.5. The molecule has 0 amide bonds. The van der Waals surface area contributed by atoms with E-state index in [2.05, 4.69) is 71.5 Å². The average Bonchev–Trinajstić information content (AvgIpc) is 2.67. The van der Waals surface area contributed by atoms with E-state index in [0.717, 1.165) is 31.0 Å². The molecule has 1 N–H and O–H groups in total. The molecule has 3 aromatic rings. The minimum absolute atomic E-state index is 0.630. The number of hydrogen-bond donors (Lipinski definition) is 1. The predicted octanol–water partition coefficient (Wildman–Crippen LogP) is 4.81. The molecule has 0 radical (unpaired) electrons. The smallest absolute Gasteiger partial charge is 0.229 e. The van der Waals surface area contributed by atoms with Crippen molar-refractivity contribution in [1.82, 2.24) is 9.97 Å². The van der Waals surface area contributed by atoms with E-state index in [1.807, 2.05) is 24.4 Å². The van der Waals surface area contributed by atoms with E-state index >= 15 is 0 Å². The van der Waals surface area contributed by atoms with Crippen LogP contribution < -0.4 is 10.2 Å². The van der Waals surface area contributed by atoms with Gasteiger partial charge in [0.2, 0.25) is 5.95 Å². The molecular weight excluding hydrogens is 308 g/mol. The first-order valence-corrected chi connectivity index (χ1v) is 8.77. The summed E-state index contributed by atoms with van der Waals surface area (Å²) in [6.07, 6.45) is 2.78. The number of aromatic nitrogens is 2. The number of nitrogens with one attached hydrogen (secondary N) is 1. The molecule has 0 saturated carbocycles. The molecule has 0 aliphatic heterocycles. The molecular formula is C21H24N4. The highest BCUT2D eigenvalue weighted by atomic mass is 15.2. The fourth-order valence-corrected chi connectivity index (χ4v) is 2.82. The summed E-state index contributed by atoms with van der Waals surface area (Å²) in [5, 5.41) is 3.36. The van der Waals surface area contributed by atoms with Gasteiger partial charge in [-0.3, -0.25) is 0 Å². The lowest BCUT2D eigenvalue weighted by atomic mass is 10.1. The highest BCUT2D eigenvalue weighted by molar-refractivity contribution is 5.59. The van der Waals surface area contributed by atoms with E-state index in [-0.39, 0.29) is 0 Å². The Hall–Kier alpha value is -2.88. The number of para-hydroxylation sites is 1. The lowest BCUT2D eigenvalue weighted by Gasteiger charge is -2.22. The maximum atomic E-state index is 4.71. The van der Waals surface area contributed by atoms with Crippen LogP contribution >= 0.6 is 0 Å². The summed E-state index contributed by atoms with van der Waals surface area (Å²) < 4.78 is 0. The van der Waals surface area contributed by atoms with Crippen molar-refractivity contribution in [3.63, 3.8) is 0 Å². The van der Waals surface area contributed by atoms with Crippen molar-refractivity contribution in [2.24, 2.45) is 0 Å². The van der Waals surface area contributed by atoms with E-state index in [1.165, 1.54) is 11.1 Å². The van der Waals surface area contributed by atoms with Crippen molar-refractivity contribution in [1.29, 1.82) is 0 Å². The van der Waals surface area contributed by atoms with Crippen molar-refractivity contribution >= 4 is 17.5 Å². The maximum Gasteiger partial charge on any atom is 0.229 e. The van der Waals surface area contributed by atoms with Gasteiger partial charge in [-0.05, 0) is 36.6 Å². The van der Waals surface area contributed by atoms with Crippen LogP contribution in [0.25, 0.3) is 0 Å². The topological polar surface area (TPSA) is 41.1 Å². The largest absolute Gasteiger partial charge is 0.352 e. The number of benzene rings is 2. The monoisotopic (exact) mass is 332 g/mol. The molecule has 3 rings (SSSR count). The van der Waals surface area contributed by atoms with Gasteiger partial charge >= 0.3 is 0 Å². The van der Waals surface area contributed by atoms with E-state index in [0.29, 0.717) is 5.95 Å². The fraction of sp³-hybridized carbons (Fsp3) is 0.238. The van der Waals surface area contributed by atoms with Gasteiger partial charge in [-0.25, -0.2) is 4.98 Å². The molecule has 25 heavy (non-hydrogen) atoms. The second-order valence-corrected chi connectivity index (χ2v) is 5.87. The molecule has 4 heteroatoms. The van der Waals surface area contributed by atoms with Gasteiger partial charge in [-0.1, -0.05) is 55.5 Å². The van der Waals surface area contributed by atoms with Crippen molar-refractivity contribution in [2.45, 2.75) is 26.8 Å². The quantitative estimate of drug-likeness (QED) is 0.674. The molecule has 0 unspecified atom stereocenters. The summed E-state index contributed by atoms with van der Waals surface area (Å²) in [6.45, 7) is 6.01. The second-order valence-electron chi connectivity index (χ2n) is 5.87. The van der Waals surface area contributed by atoms with Crippen molar-refractivity contribution < 1.29 is 0 Å². The minimum atomic E-state index is 0.630.